The minimum absolute atomic E-state index is 0.253. The zero-order valence-electron chi connectivity index (χ0n) is 14.2. The van der Waals surface area contributed by atoms with Gasteiger partial charge in [0.1, 0.15) is 11.6 Å². The highest BCUT2D eigenvalue weighted by molar-refractivity contribution is 5.79. The quantitative estimate of drug-likeness (QED) is 0.451. The number of halogens is 1. The molecule has 0 unspecified atom stereocenters. The van der Waals surface area contributed by atoms with Crippen molar-refractivity contribution in [3.8, 4) is 0 Å². The lowest BCUT2D eigenvalue weighted by Gasteiger charge is -2.12. The molecule has 0 aliphatic heterocycles. The van der Waals surface area contributed by atoms with Crippen LogP contribution in [0.15, 0.2) is 29.3 Å². The summed E-state index contributed by atoms with van der Waals surface area (Å²) in [5.41, 5.74) is 0.929. The minimum Gasteiger partial charge on any atom is -0.383 e. The molecule has 2 N–H and O–H groups in total. The monoisotopic (exact) mass is 334 g/mol. The number of rotatable bonds is 7. The minimum atomic E-state index is -0.253. The van der Waals surface area contributed by atoms with Crippen molar-refractivity contribution in [2.45, 2.75) is 20.0 Å². The zero-order valence-corrected chi connectivity index (χ0v) is 14.2. The number of nitrogens with one attached hydrogen (secondary N) is 2. The van der Waals surface area contributed by atoms with Gasteiger partial charge in [0.25, 0.3) is 0 Å². The molecule has 0 fully saturated rings. The Kier molecular flexibility index (Phi) is 6.68. The zero-order chi connectivity index (χ0) is 17.4. The first-order valence-corrected chi connectivity index (χ1v) is 7.70. The number of ether oxygens (including phenoxy) is 1. The Morgan fingerprint density at radius 1 is 1.25 bits per heavy atom. The molecule has 24 heavy (non-hydrogen) atoms. The second-order valence-corrected chi connectivity index (χ2v) is 5.29. The van der Waals surface area contributed by atoms with Crippen molar-refractivity contribution < 1.29 is 9.13 Å². The van der Waals surface area contributed by atoms with Crippen LogP contribution in [0.3, 0.4) is 0 Å². The van der Waals surface area contributed by atoms with Crippen LogP contribution in [-0.2, 0) is 24.9 Å². The highest BCUT2D eigenvalue weighted by Crippen LogP contribution is 2.04. The number of methoxy groups -OCH3 is 1. The number of aromatic nitrogens is 3. The molecular formula is C16H23FN6O. The maximum absolute atomic E-state index is 12.9. The van der Waals surface area contributed by atoms with Crippen molar-refractivity contribution in [2.75, 3.05) is 20.3 Å². The van der Waals surface area contributed by atoms with Crippen LogP contribution in [0, 0.1) is 12.7 Å². The van der Waals surface area contributed by atoms with Gasteiger partial charge in [0.05, 0.1) is 19.7 Å². The predicted octanol–water partition coefficient (Wildman–Crippen LogP) is 1.14. The molecule has 0 saturated heterocycles. The first kappa shape index (κ1) is 17.9. The molecule has 0 spiro atoms. The van der Waals surface area contributed by atoms with Crippen LogP contribution in [0.25, 0.3) is 0 Å². The topological polar surface area (TPSA) is 76.4 Å². The van der Waals surface area contributed by atoms with E-state index in [1.54, 1.807) is 19.2 Å². The lowest BCUT2D eigenvalue weighted by molar-refractivity contribution is 0.203. The van der Waals surface area contributed by atoms with Crippen LogP contribution in [-0.4, -0.2) is 41.0 Å². The summed E-state index contributed by atoms with van der Waals surface area (Å²) in [6, 6.07) is 6.30. The Morgan fingerprint density at radius 3 is 2.62 bits per heavy atom. The lowest BCUT2D eigenvalue weighted by Crippen LogP contribution is -2.39. The van der Waals surface area contributed by atoms with Crippen molar-refractivity contribution in [3.05, 3.63) is 47.3 Å². The van der Waals surface area contributed by atoms with Gasteiger partial charge in [-0.15, -0.1) is 10.2 Å². The number of nitrogens with zero attached hydrogens (tertiary/aromatic N) is 4. The normalized spacial score (nSPS) is 11.6. The van der Waals surface area contributed by atoms with E-state index in [9.17, 15) is 4.39 Å². The molecule has 0 amide bonds. The van der Waals surface area contributed by atoms with E-state index in [2.05, 4.69) is 25.8 Å². The second kappa shape index (κ2) is 8.97. The first-order chi connectivity index (χ1) is 11.6. The molecule has 0 radical (unpaired) electrons. The van der Waals surface area contributed by atoms with Crippen LogP contribution in [0.1, 0.15) is 17.2 Å². The summed E-state index contributed by atoms with van der Waals surface area (Å²) in [6.07, 6.45) is 0. The van der Waals surface area contributed by atoms with E-state index in [1.165, 1.54) is 12.1 Å². The molecule has 0 saturated carbocycles. The average Bonchev–Trinajstić information content (AvgIpc) is 2.90. The summed E-state index contributed by atoms with van der Waals surface area (Å²) in [5, 5.41) is 14.5. The fourth-order valence-electron chi connectivity index (χ4n) is 1.97. The summed E-state index contributed by atoms with van der Waals surface area (Å²) in [6.45, 7) is 4.04. The highest BCUT2D eigenvalue weighted by atomic mass is 19.1. The SMILES string of the molecule is COCCNC(=NCc1ccc(F)cc1)NCc1nnc(C)n1C. The third-order valence-electron chi connectivity index (χ3n) is 3.53. The Morgan fingerprint density at radius 2 is 2.00 bits per heavy atom. The van der Waals surface area contributed by atoms with Crippen LogP contribution < -0.4 is 10.6 Å². The standard InChI is InChI=1S/C16H23FN6O/c1-12-21-22-15(23(12)2)11-20-16(18-8-9-24-3)19-10-13-4-6-14(17)7-5-13/h4-7H,8-11H2,1-3H3,(H2,18,19,20). The lowest BCUT2D eigenvalue weighted by atomic mass is 10.2. The van der Waals surface area contributed by atoms with Crippen molar-refractivity contribution in [3.63, 3.8) is 0 Å². The highest BCUT2D eigenvalue weighted by Gasteiger charge is 2.06. The molecule has 2 rings (SSSR count). The van der Waals surface area contributed by atoms with E-state index < -0.39 is 0 Å². The number of aliphatic imine (C=N–C) groups is 1. The Bertz CT molecular complexity index is 668. The van der Waals surface area contributed by atoms with Crippen LogP contribution in [0.5, 0.6) is 0 Å². The maximum Gasteiger partial charge on any atom is 0.192 e. The van der Waals surface area contributed by atoms with E-state index in [-0.39, 0.29) is 5.82 Å². The molecular weight excluding hydrogens is 311 g/mol. The van der Waals surface area contributed by atoms with Gasteiger partial charge < -0.3 is 19.9 Å². The van der Waals surface area contributed by atoms with Crippen molar-refractivity contribution >= 4 is 5.96 Å². The Balaban J connectivity index is 1.98. The maximum atomic E-state index is 12.9. The third-order valence-corrected chi connectivity index (χ3v) is 3.53. The van der Waals surface area contributed by atoms with Gasteiger partial charge in [-0.1, -0.05) is 12.1 Å². The first-order valence-electron chi connectivity index (χ1n) is 7.70. The molecule has 1 heterocycles. The van der Waals surface area contributed by atoms with Crippen molar-refractivity contribution in [1.82, 2.24) is 25.4 Å². The fourth-order valence-corrected chi connectivity index (χ4v) is 1.97. The molecule has 0 aliphatic carbocycles. The van der Waals surface area contributed by atoms with E-state index in [0.29, 0.717) is 32.2 Å². The summed E-state index contributed by atoms with van der Waals surface area (Å²) in [4.78, 5) is 4.51. The van der Waals surface area contributed by atoms with Crippen molar-refractivity contribution in [1.29, 1.82) is 0 Å². The number of benzene rings is 1. The van der Waals surface area contributed by atoms with Crippen LogP contribution in [0.4, 0.5) is 4.39 Å². The number of hydrogen-bond donors (Lipinski definition) is 2. The molecule has 0 aliphatic rings. The van der Waals surface area contributed by atoms with E-state index in [4.69, 9.17) is 4.74 Å². The smallest absolute Gasteiger partial charge is 0.192 e. The molecule has 2 aromatic rings. The van der Waals surface area contributed by atoms with E-state index >= 15 is 0 Å². The number of guanidine groups is 1. The van der Waals surface area contributed by atoms with Gasteiger partial charge in [-0.3, -0.25) is 0 Å². The summed E-state index contributed by atoms with van der Waals surface area (Å²) in [7, 11) is 3.56. The van der Waals surface area contributed by atoms with Gasteiger partial charge in [0.15, 0.2) is 11.8 Å². The third kappa shape index (κ3) is 5.31. The van der Waals surface area contributed by atoms with E-state index in [1.807, 2.05) is 18.5 Å². The molecule has 8 heteroatoms. The van der Waals surface area contributed by atoms with E-state index in [0.717, 1.165) is 17.2 Å². The summed E-state index contributed by atoms with van der Waals surface area (Å²) in [5.74, 6) is 2.05. The van der Waals surface area contributed by atoms with Gasteiger partial charge in [-0.05, 0) is 24.6 Å². The van der Waals surface area contributed by atoms with Crippen LogP contribution >= 0.6 is 0 Å². The van der Waals surface area contributed by atoms with Gasteiger partial charge in [-0.2, -0.15) is 0 Å². The molecule has 0 atom stereocenters. The largest absolute Gasteiger partial charge is 0.383 e. The summed E-state index contributed by atoms with van der Waals surface area (Å²) < 4.78 is 19.9. The average molecular weight is 334 g/mol. The van der Waals surface area contributed by atoms with Gasteiger partial charge in [0.2, 0.25) is 0 Å². The van der Waals surface area contributed by atoms with Crippen molar-refractivity contribution in [2.24, 2.45) is 12.0 Å². The van der Waals surface area contributed by atoms with Gasteiger partial charge in [0, 0.05) is 20.7 Å². The number of hydrogen-bond acceptors (Lipinski definition) is 4. The molecule has 0 bridgehead atoms. The number of aryl methyl sites for hydroxylation is 1. The molecule has 7 nitrogen and oxygen atoms in total. The molecule has 1 aromatic carbocycles. The fraction of sp³-hybridized carbons (Fsp3) is 0.438. The Labute approximate surface area is 141 Å². The molecule has 130 valence electrons. The van der Waals surface area contributed by atoms with Gasteiger partial charge >= 0.3 is 0 Å². The van der Waals surface area contributed by atoms with Crippen LogP contribution in [0.2, 0.25) is 0 Å². The predicted molar refractivity (Wildman–Crippen MR) is 90.0 cm³/mol. The molecule has 1 aromatic heterocycles. The Hall–Kier alpha value is -2.48. The summed E-state index contributed by atoms with van der Waals surface area (Å²) >= 11 is 0. The second-order valence-electron chi connectivity index (χ2n) is 5.29. The van der Waals surface area contributed by atoms with Gasteiger partial charge in [-0.25, -0.2) is 9.38 Å².